The molecule has 0 bridgehead atoms. The lowest BCUT2D eigenvalue weighted by atomic mass is 9.75. The summed E-state index contributed by atoms with van der Waals surface area (Å²) in [7, 11) is 0. The van der Waals surface area contributed by atoms with E-state index in [0.717, 1.165) is 51.0 Å². The Labute approximate surface area is 125 Å². The number of carbonyl (C=O) groups is 1. The summed E-state index contributed by atoms with van der Waals surface area (Å²) < 4.78 is 5.73. The number of ether oxygens (including phenoxy) is 1. The van der Waals surface area contributed by atoms with Crippen LogP contribution in [0.3, 0.4) is 0 Å². The molecule has 20 heavy (non-hydrogen) atoms. The molecule has 2 heterocycles. The molecule has 0 radical (unpaired) electrons. The van der Waals surface area contributed by atoms with E-state index in [1.807, 2.05) is 11.8 Å². The molecule has 0 aromatic heterocycles. The highest BCUT2D eigenvalue weighted by Crippen LogP contribution is 2.34. The Morgan fingerprint density at radius 3 is 2.75 bits per heavy atom. The minimum absolute atomic E-state index is 0.211. The Hall–Kier alpha value is -0.260. The summed E-state index contributed by atoms with van der Waals surface area (Å²) in [6.45, 7) is 1.63. The van der Waals surface area contributed by atoms with Gasteiger partial charge in [-0.2, -0.15) is 11.8 Å². The normalized spacial score (nSPS) is 32.0. The van der Waals surface area contributed by atoms with Crippen molar-refractivity contribution in [3.8, 4) is 0 Å². The number of hydrogen-bond acceptors (Lipinski definition) is 4. The second-order valence-corrected chi connectivity index (χ2v) is 7.74. The molecule has 4 nitrogen and oxygen atoms in total. The van der Waals surface area contributed by atoms with Gasteiger partial charge in [-0.05, 0) is 44.3 Å². The highest BCUT2D eigenvalue weighted by molar-refractivity contribution is 7.99. The maximum atomic E-state index is 12.7. The van der Waals surface area contributed by atoms with Crippen molar-refractivity contribution < 1.29 is 9.53 Å². The second-order valence-electron chi connectivity index (χ2n) is 6.59. The minimum atomic E-state index is -0.211. The van der Waals surface area contributed by atoms with Crippen LogP contribution in [0, 0.1) is 0 Å². The highest BCUT2D eigenvalue weighted by Gasteiger charge is 2.38. The summed E-state index contributed by atoms with van der Waals surface area (Å²) in [5.41, 5.74) is 6.05. The number of nitrogens with two attached hydrogens (primary N) is 1. The molecule has 2 saturated heterocycles. The first-order valence-corrected chi connectivity index (χ1v) is 9.09. The van der Waals surface area contributed by atoms with Gasteiger partial charge >= 0.3 is 0 Å². The van der Waals surface area contributed by atoms with Crippen LogP contribution in [0.4, 0.5) is 0 Å². The van der Waals surface area contributed by atoms with Gasteiger partial charge in [0.05, 0.1) is 6.10 Å². The van der Waals surface area contributed by atoms with Crippen molar-refractivity contribution >= 4 is 17.7 Å². The summed E-state index contributed by atoms with van der Waals surface area (Å²) in [6, 6.07) is 0.403. The third-order valence-electron chi connectivity index (χ3n) is 4.94. The summed E-state index contributed by atoms with van der Waals surface area (Å²) in [4.78, 5) is 14.8. The Morgan fingerprint density at radius 2 is 2.20 bits per heavy atom. The smallest absolute Gasteiger partial charge is 0.224 e. The zero-order chi connectivity index (χ0) is 14.0. The number of rotatable bonds is 5. The van der Waals surface area contributed by atoms with E-state index in [1.165, 1.54) is 12.2 Å². The average Bonchev–Trinajstić information content (AvgIpc) is 3.06. The molecule has 3 aliphatic rings. The molecule has 3 fully saturated rings. The number of carbonyl (C=O) groups excluding carboxylic acids is 1. The van der Waals surface area contributed by atoms with Crippen LogP contribution >= 0.6 is 11.8 Å². The number of nitrogens with zero attached hydrogens (tertiary/aromatic N) is 1. The Kier molecular flexibility index (Phi) is 4.58. The maximum Gasteiger partial charge on any atom is 0.224 e. The van der Waals surface area contributed by atoms with E-state index < -0.39 is 0 Å². The SMILES string of the molecule is NC1(CC(=O)N(CC2CCCO2)C2CCSC2)CCC1. The molecule has 114 valence electrons. The maximum absolute atomic E-state index is 12.7. The van der Waals surface area contributed by atoms with E-state index in [9.17, 15) is 4.79 Å². The summed E-state index contributed by atoms with van der Waals surface area (Å²) in [5.74, 6) is 2.51. The van der Waals surface area contributed by atoms with E-state index in [-0.39, 0.29) is 17.6 Å². The van der Waals surface area contributed by atoms with E-state index in [4.69, 9.17) is 10.5 Å². The predicted octanol–water partition coefficient (Wildman–Crippen LogP) is 1.77. The first-order chi connectivity index (χ1) is 9.66. The fourth-order valence-corrected chi connectivity index (χ4v) is 4.66. The van der Waals surface area contributed by atoms with Gasteiger partial charge in [-0.3, -0.25) is 4.79 Å². The topological polar surface area (TPSA) is 55.6 Å². The first-order valence-electron chi connectivity index (χ1n) is 7.94. The van der Waals surface area contributed by atoms with E-state index >= 15 is 0 Å². The van der Waals surface area contributed by atoms with Crippen LogP contribution in [0.25, 0.3) is 0 Å². The molecule has 3 rings (SSSR count). The molecule has 2 N–H and O–H groups in total. The Balaban J connectivity index is 1.61. The van der Waals surface area contributed by atoms with Crippen LogP contribution in [0.1, 0.15) is 44.9 Å². The van der Waals surface area contributed by atoms with Crippen molar-refractivity contribution in [2.75, 3.05) is 24.7 Å². The van der Waals surface area contributed by atoms with Crippen molar-refractivity contribution in [3.05, 3.63) is 0 Å². The monoisotopic (exact) mass is 298 g/mol. The van der Waals surface area contributed by atoms with E-state index in [2.05, 4.69) is 4.90 Å². The molecule has 0 aromatic carbocycles. The molecule has 0 aromatic rings. The summed E-state index contributed by atoms with van der Waals surface area (Å²) in [6.07, 6.45) is 7.32. The van der Waals surface area contributed by atoms with Crippen LogP contribution in [-0.4, -0.2) is 53.1 Å². The van der Waals surface area contributed by atoms with Crippen LogP contribution in [0.15, 0.2) is 0 Å². The molecule has 2 atom stereocenters. The lowest BCUT2D eigenvalue weighted by molar-refractivity contribution is -0.137. The van der Waals surface area contributed by atoms with Gasteiger partial charge < -0.3 is 15.4 Å². The Morgan fingerprint density at radius 1 is 1.35 bits per heavy atom. The average molecular weight is 298 g/mol. The number of thioether (sulfide) groups is 1. The van der Waals surface area contributed by atoms with Gasteiger partial charge in [0.1, 0.15) is 0 Å². The minimum Gasteiger partial charge on any atom is -0.376 e. The van der Waals surface area contributed by atoms with Gasteiger partial charge in [-0.25, -0.2) is 0 Å². The molecule has 2 aliphatic heterocycles. The number of amides is 1. The molecule has 1 amide bonds. The molecule has 5 heteroatoms. The van der Waals surface area contributed by atoms with Gasteiger partial charge in [0.15, 0.2) is 0 Å². The van der Waals surface area contributed by atoms with Crippen molar-refractivity contribution in [2.45, 2.75) is 62.6 Å². The summed E-state index contributed by atoms with van der Waals surface area (Å²) in [5, 5.41) is 0. The molecule has 2 unspecified atom stereocenters. The fraction of sp³-hybridized carbons (Fsp3) is 0.933. The van der Waals surface area contributed by atoms with Gasteiger partial charge in [0.25, 0.3) is 0 Å². The van der Waals surface area contributed by atoms with Crippen LogP contribution in [-0.2, 0) is 9.53 Å². The lowest BCUT2D eigenvalue weighted by Gasteiger charge is -2.40. The van der Waals surface area contributed by atoms with Crippen LogP contribution in [0.2, 0.25) is 0 Å². The fourth-order valence-electron chi connectivity index (χ4n) is 3.44. The van der Waals surface area contributed by atoms with Crippen molar-refractivity contribution in [1.29, 1.82) is 0 Å². The van der Waals surface area contributed by atoms with Crippen LogP contribution < -0.4 is 5.73 Å². The third-order valence-corrected chi connectivity index (χ3v) is 6.09. The standard InChI is InChI=1S/C15H26N2O2S/c16-15(5-2-6-15)9-14(18)17(12-4-8-20-11-12)10-13-3-1-7-19-13/h12-13H,1-11,16H2. The molecular formula is C15H26N2O2S. The molecule has 0 spiro atoms. The van der Waals surface area contributed by atoms with E-state index in [0.29, 0.717) is 12.5 Å². The Bertz CT molecular complexity index is 348. The van der Waals surface area contributed by atoms with Gasteiger partial charge in [-0.15, -0.1) is 0 Å². The zero-order valence-corrected chi connectivity index (χ0v) is 13.0. The number of hydrogen-bond donors (Lipinski definition) is 1. The van der Waals surface area contributed by atoms with Crippen molar-refractivity contribution in [3.63, 3.8) is 0 Å². The zero-order valence-electron chi connectivity index (χ0n) is 12.2. The summed E-state index contributed by atoms with van der Waals surface area (Å²) >= 11 is 1.96. The molecule has 1 aliphatic carbocycles. The molecular weight excluding hydrogens is 272 g/mol. The van der Waals surface area contributed by atoms with Gasteiger partial charge in [0, 0.05) is 36.9 Å². The lowest BCUT2D eigenvalue weighted by Crippen LogP contribution is -2.53. The third kappa shape index (κ3) is 3.31. The first kappa shape index (κ1) is 14.7. The highest BCUT2D eigenvalue weighted by atomic mass is 32.2. The van der Waals surface area contributed by atoms with Crippen molar-refractivity contribution in [2.24, 2.45) is 5.73 Å². The predicted molar refractivity (Wildman–Crippen MR) is 81.8 cm³/mol. The van der Waals surface area contributed by atoms with Gasteiger partial charge in [0.2, 0.25) is 5.91 Å². The molecule has 1 saturated carbocycles. The van der Waals surface area contributed by atoms with E-state index in [1.54, 1.807) is 0 Å². The second kappa shape index (κ2) is 6.24. The largest absolute Gasteiger partial charge is 0.376 e. The quantitative estimate of drug-likeness (QED) is 0.840. The van der Waals surface area contributed by atoms with Crippen LogP contribution in [0.5, 0.6) is 0 Å². The van der Waals surface area contributed by atoms with Gasteiger partial charge in [-0.1, -0.05) is 0 Å². The van der Waals surface area contributed by atoms with Crippen molar-refractivity contribution in [1.82, 2.24) is 4.90 Å².